The van der Waals surface area contributed by atoms with E-state index in [0.717, 1.165) is 39.1 Å². The van der Waals surface area contributed by atoms with Crippen molar-refractivity contribution in [1.82, 2.24) is 0 Å². The number of hydrogen-bond acceptors (Lipinski definition) is 1. The quantitative estimate of drug-likeness (QED) is 0.556. The van der Waals surface area contributed by atoms with Gasteiger partial charge in [-0.2, -0.15) is 0 Å². The van der Waals surface area contributed by atoms with Crippen molar-refractivity contribution in [3.8, 4) is 11.1 Å². The summed E-state index contributed by atoms with van der Waals surface area (Å²) in [5.41, 5.74) is 7.14. The number of anilines is 1. The molecule has 1 N–H and O–H groups in total. The van der Waals surface area contributed by atoms with Crippen molar-refractivity contribution >= 4 is 17.2 Å². The predicted molar refractivity (Wildman–Crippen MR) is 115 cm³/mol. The molecule has 0 saturated carbocycles. The minimum absolute atomic E-state index is 0.0773. The number of carbonyl (C=O) groups is 1. The van der Waals surface area contributed by atoms with Gasteiger partial charge in [-0.25, -0.2) is 0 Å². The Labute approximate surface area is 161 Å². The highest BCUT2D eigenvalue weighted by Crippen LogP contribution is 2.38. The Morgan fingerprint density at radius 2 is 1.48 bits per heavy atom. The van der Waals surface area contributed by atoms with Gasteiger partial charge in [0.2, 0.25) is 5.91 Å². The Morgan fingerprint density at radius 3 is 2.04 bits per heavy atom. The summed E-state index contributed by atoms with van der Waals surface area (Å²) < 4.78 is 0. The van der Waals surface area contributed by atoms with E-state index in [2.05, 4.69) is 50.0 Å². The van der Waals surface area contributed by atoms with Gasteiger partial charge >= 0.3 is 0 Å². The molecule has 0 fully saturated rings. The van der Waals surface area contributed by atoms with E-state index in [-0.39, 0.29) is 11.8 Å². The lowest BCUT2D eigenvalue weighted by Gasteiger charge is -2.21. The van der Waals surface area contributed by atoms with Gasteiger partial charge in [0.15, 0.2) is 0 Å². The van der Waals surface area contributed by atoms with Crippen molar-refractivity contribution in [3.63, 3.8) is 0 Å². The first-order valence-corrected chi connectivity index (χ1v) is 9.23. The van der Waals surface area contributed by atoms with E-state index in [4.69, 9.17) is 0 Å². The standard InChI is InChI=1S/C25H25NO/c1-17(2)23-15-22(21-13-9-6-10-14-21)16-24(25(23)26-19(4)27)18(3)20-11-7-5-8-12-20/h5-17H,3H2,1-2,4H3,(H,26,27). The van der Waals surface area contributed by atoms with Gasteiger partial charge in [0.1, 0.15) is 0 Å². The average Bonchev–Trinajstić information content (AvgIpc) is 2.68. The maximum atomic E-state index is 11.9. The van der Waals surface area contributed by atoms with Gasteiger partial charge in [-0.3, -0.25) is 4.79 Å². The van der Waals surface area contributed by atoms with Crippen LogP contribution in [0.1, 0.15) is 43.4 Å². The zero-order valence-corrected chi connectivity index (χ0v) is 16.1. The molecule has 0 unspecified atom stereocenters. The Bertz CT molecular complexity index is 956. The predicted octanol–water partition coefficient (Wildman–Crippen LogP) is 6.50. The van der Waals surface area contributed by atoms with Crippen LogP contribution in [0, 0.1) is 0 Å². The lowest BCUT2D eigenvalue weighted by atomic mass is 9.88. The van der Waals surface area contributed by atoms with Crippen LogP contribution in [-0.2, 0) is 4.79 Å². The van der Waals surface area contributed by atoms with Crippen LogP contribution in [0.2, 0.25) is 0 Å². The zero-order valence-electron chi connectivity index (χ0n) is 16.1. The second kappa shape index (κ2) is 8.05. The van der Waals surface area contributed by atoms with Crippen molar-refractivity contribution in [3.05, 3.63) is 96.1 Å². The van der Waals surface area contributed by atoms with Gasteiger partial charge in [-0.1, -0.05) is 81.1 Å². The van der Waals surface area contributed by atoms with E-state index in [0.29, 0.717) is 0 Å². The molecule has 0 aromatic heterocycles. The molecular weight excluding hydrogens is 330 g/mol. The van der Waals surface area contributed by atoms with Gasteiger partial charge in [0, 0.05) is 12.5 Å². The fourth-order valence-electron chi connectivity index (χ4n) is 3.27. The smallest absolute Gasteiger partial charge is 0.221 e. The summed E-state index contributed by atoms with van der Waals surface area (Å²) in [5.74, 6) is 0.185. The number of amides is 1. The monoisotopic (exact) mass is 355 g/mol. The van der Waals surface area contributed by atoms with E-state index < -0.39 is 0 Å². The number of carbonyl (C=O) groups excluding carboxylic acids is 1. The second-order valence-electron chi connectivity index (χ2n) is 7.03. The summed E-state index contributed by atoms with van der Waals surface area (Å²) in [6, 6.07) is 24.7. The topological polar surface area (TPSA) is 29.1 Å². The molecule has 2 heteroatoms. The molecule has 0 aliphatic carbocycles. The molecule has 0 bridgehead atoms. The van der Waals surface area contributed by atoms with Crippen molar-refractivity contribution in [2.24, 2.45) is 0 Å². The minimum atomic E-state index is -0.0773. The highest BCUT2D eigenvalue weighted by Gasteiger charge is 2.18. The maximum Gasteiger partial charge on any atom is 0.221 e. The molecule has 27 heavy (non-hydrogen) atoms. The van der Waals surface area contributed by atoms with Crippen molar-refractivity contribution in [1.29, 1.82) is 0 Å². The van der Waals surface area contributed by atoms with E-state index >= 15 is 0 Å². The number of benzene rings is 3. The van der Waals surface area contributed by atoms with E-state index in [1.54, 1.807) is 6.92 Å². The summed E-state index contributed by atoms with van der Waals surface area (Å²) >= 11 is 0. The van der Waals surface area contributed by atoms with Gasteiger partial charge in [0.05, 0.1) is 5.69 Å². The molecule has 3 rings (SSSR count). The first-order chi connectivity index (χ1) is 13.0. The summed E-state index contributed by atoms with van der Waals surface area (Å²) in [5, 5.41) is 3.05. The van der Waals surface area contributed by atoms with Gasteiger partial charge in [0.25, 0.3) is 0 Å². The SMILES string of the molecule is C=C(c1ccccc1)c1cc(-c2ccccc2)cc(C(C)C)c1NC(C)=O. The van der Waals surface area contributed by atoms with E-state index in [9.17, 15) is 4.79 Å². The summed E-state index contributed by atoms with van der Waals surface area (Å²) in [6.07, 6.45) is 0. The molecule has 3 aromatic rings. The van der Waals surface area contributed by atoms with Crippen molar-refractivity contribution in [2.75, 3.05) is 5.32 Å². The Morgan fingerprint density at radius 1 is 0.889 bits per heavy atom. The Hall–Kier alpha value is -3.13. The summed E-state index contributed by atoms with van der Waals surface area (Å²) in [6.45, 7) is 10.2. The highest BCUT2D eigenvalue weighted by atomic mass is 16.1. The average molecular weight is 355 g/mol. The van der Waals surface area contributed by atoms with Gasteiger partial charge < -0.3 is 5.32 Å². The van der Waals surface area contributed by atoms with Crippen LogP contribution in [0.5, 0.6) is 0 Å². The zero-order chi connectivity index (χ0) is 19.4. The fraction of sp³-hybridized carbons (Fsp3) is 0.160. The Balaban J connectivity index is 2.25. The summed E-state index contributed by atoms with van der Waals surface area (Å²) in [7, 11) is 0. The lowest BCUT2D eigenvalue weighted by Crippen LogP contribution is -2.12. The Kier molecular flexibility index (Phi) is 5.56. The van der Waals surface area contributed by atoms with Crippen molar-refractivity contribution < 1.29 is 4.79 Å². The first-order valence-electron chi connectivity index (χ1n) is 9.23. The molecule has 0 radical (unpaired) electrons. The largest absolute Gasteiger partial charge is 0.326 e. The molecule has 0 saturated heterocycles. The molecule has 0 atom stereocenters. The molecule has 1 amide bonds. The number of nitrogens with one attached hydrogen (secondary N) is 1. The van der Waals surface area contributed by atoms with Gasteiger partial charge in [-0.05, 0) is 45.9 Å². The molecule has 0 heterocycles. The molecular formula is C25H25NO. The molecule has 136 valence electrons. The minimum Gasteiger partial charge on any atom is -0.326 e. The third kappa shape index (κ3) is 4.17. The lowest BCUT2D eigenvalue weighted by molar-refractivity contribution is -0.114. The third-order valence-corrected chi connectivity index (χ3v) is 4.65. The van der Waals surface area contributed by atoms with Crippen LogP contribution >= 0.6 is 0 Å². The van der Waals surface area contributed by atoms with E-state index in [1.807, 2.05) is 48.5 Å². The molecule has 0 aliphatic heterocycles. The van der Waals surface area contributed by atoms with Crippen LogP contribution in [0.3, 0.4) is 0 Å². The van der Waals surface area contributed by atoms with Crippen molar-refractivity contribution in [2.45, 2.75) is 26.7 Å². The molecule has 0 spiro atoms. The number of hydrogen-bond donors (Lipinski definition) is 1. The molecule has 2 nitrogen and oxygen atoms in total. The fourth-order valence-corrected chi connectivity index (χ4v) is 3.27. The van der Waals surface area contributed by atoms with Crippen LogP contribution < -0.4 is 5.32 Å². The van der Waals surface area contributed by atoms with Crippen LogP contribution in [0.25, 0.3) is 16.7 Å². The maximum absolute atomic E-state index is 11.9. The molecule has 3 aromatic carbocycles. The van der Waals surface area contributed by atoms with Gasteiger partial charge in [-0.15, -0.1) is 0 Å². The number of rotatable bonds is 5. The highest BCUT2D eigenvalue weighted by molar-refractivity contribution is 5.97. The van der Waals surface area contributed by atoms with Crippen LogP contribution in [-0.4, -0.2) is 5.91 Å². The van der Waals surface area contributed by atoms with E-state index in [1.165, 1.54) is 0 Å². The first kappa shape index (κ1) is 18.7. The third-order valence-electron chi connectivity index (χ3n) is 4.65. The summed E-state index contributed by atoms with van der Waals surface area (Å²) in [4.78, 5) is 11.9. The second-order valence-corrected chi connectivity index (χ2v) is 7.03. The molecule has 0 aliphatic rings. The van der Waals surface area contributed by atoms with Crippen LogP contribution in [0.4, 0.5) is 5.69 Å². The normalized spacial score (nSPS) is 10.7. The van der Waals surface area contributed by atoms with Crippen LogP contribution in [0.15, 0.2) is 79.4 Å².